The smallest absolute Gasteiger partial charge is 0.251 e. The zero-order chi connectivity index (χ0) is 20.1. The van der Waals surface area contributed by atoms with Gasteiger partial charge in [0, 0.05) is 17.5 Å². The van der Waals surface area contributed by atoms with Crippen molar-refractivity contribution >= 4 is 5.91 Å². The minimum absolute atomic E-state index is 0.135. The molecule has 1 heterocycles. The number of aryl methyl sites for hydroxylation is 1. The van der Waals surface area contributed by atoms with E-state index < -0.39 is 0 Å². The van der Waals surface area contributed by atoms with Crippen LogP contribution < -0.4 is 14.8 Å². The third-order valence-corrected chi connectivity index (χ3v) is 4.54. The Morgan fingerprint density at radius 2 is 1.89 bits per heavy atom. The molecule has 0 spiro atoms. The number of amides is 1. The monoisotopic (exact) mass is 379 g/mol. The van der Waals surface area contributed by atoms with E-state index in [1.54, 1.807) is 25.4 Å². The number of benzene rings is 2. The molecule has 1 amide bonds. The van der Waals surface area contributed by atoms with Crippen molar-refractivity contribution in [2.45, 2.75) is 26.8 Å². The minimum Gasteiger partial charge on any atom is -0.493 e. The third kappa shape index (κ3) is 4.17. The number of nitrogens with zero attached hydrogens (tertiary/aromatic N) is 2. The van der Waals surface area contributed by atoms with Crippen molar-refractivity contribution in [3.05, 3.63) is 71.5 Å². The molecule has 3 aromatic rings. The number of hydrogen-bond acceptors (Lipinski definition) is 4. The van der Waals surface area contributed by atoms with Crippen molar-refractivity contribution in [3.8, 4) is 17.2 Å². The minimum atomic E-state index is -0.176. The Hall–Kier alpha value is -3.28. The SMILES string of the molecule is CCOc1ccc(C(C)NC(=O)c2ccc(-n3nccc3C)cc2)cc1OC. The van der Waals surface area contributed by atoms with Gasteiger partial charge in [0.25, 0.3) is 5.91 Å². The maximum absolute atomic E-state index is 12.6. The molecular formula is C22H25N3O3. The summed E-state index contributed by atoms with van der Waals surface area (Å²) >= 11 is 0. The zero-order valence-corrected chi connectivity index (χ0v) is 16.6. The average molecular weight is 379 g/mol. The molecule has 0 aliphatic carbocycles. The molecule has 0 radical (unpaired) electrons. The topological polar surface area (TPSA) is 65.4 Å². The molecule has 0 saturated heterocycles. The van der Waals surface area contributed by atoms with Gasteiger partial charge in [0.2, 0.25) is 0 Å². The van der Waals surface area contributed by atoms with Crippen LogP contribution in [0.25, 0.3) is 5.69 Å². The summed E-state index contributed by atoms with van der Waals surface area (Å²) in [5, 5.41) is 7.30. The maximum Gasteiger partial charge on any atom is 0.251 e. The molecule has 3 rings (SSSR count). The molecule has 28 heavy (non-hydrogen) atoms. The van der Waals surface area contributed by atoms with Crippen LogP contribution in [0.1, 0.15) is 41.5 Å². The number of nitrogens with one attached hydrogen (secondary N) is 1. The Kier molecular flexibility index (Phi) is 5.99. The van der Waals surface area contributed by atoms with E-state index in [2.05, 4.69) is 10.4 Å². The van der Waals surface area contributed by atoms with Crippen LogP contribution in [0.4, 0.5) is 0 Å². The van der Waals surface area contributed by atoms with E-state index in [0.717, 1.165) is 16.9 Å². The van der Waals surface area contributed by atoms with Gasteiger partial charge in [-0.1, -0.05) is 6.07 Å². The second kappa shape index (κ2) is 8.61. The van der Waals surface area contributed by atoms with Gasteiger partial charge in [0.1, 0.15) is 0 Å². The highest BCUT2D eigenvalue weighted by molar-refractivity contribution is 5.94. The average Bonchev–Trinajstić information content (AvgIpc) is 3.14. The lowest BCUT2D eigenvalue weighted by Gasteiger charge is -2.17. The Morgan fingerprint density at radius 1 is 1.14 bits per heavy atom. The van der Waals surface area contributed by atoms with Crippen LogP contribution in [0.5, 0.6) is 11.5 Å². The Balaban J connectivity index is 1.71. The van der Waals surface area contributed by atoms with Crippen molar-refractivity contribution < 1.29 is 14.3 Å². The Morgan fingerprint density at radius 3 is 2.50 bits per heavy atom. The van der Waals surface area contributed by atoms with Crippen LogP contribution in [0, 0.1) is 6.92 Å². The first-order valence-corrected chi connectivity index (χ1v) is 9.26. The summed E-state index contributed by atoms with van der Waals surface area (Å²) in [4.78, 5) is 12.6. The fourth-order valence-electron chi connectivity index (χ4n) is 2.99. The summed E-state index contributed by atoms with van der Waals surface area (Å²) in [5.74, 6) is 1.21. The predicted molar refractivity (Wildman–Crippen MR) is 108 cm³/mol. The molecule has 6 heteroatoms. The number of hydrogen-bond donors (Lipinski definition) is 1. The molecule has 1 aromatic heterocycles. The molecule has 1 atom stereocenters. The molecule has 2 aromatic carbocycles. The van der Waals surface area contributed by atoms with Crippen molar-refractivity contribution in [1.29, 1.82) is 0 Å². The molecule has 0 saturated carbocycles. The number of rotatable bonds is 7. The van der Waals surface area contributed by atoms with Crippen molar-refractivity contribution in [1.82, 2.24) is 15.1 Å². The number of carbonyl (C=O) groups excluding carboxylic acids is 1. The standard InChI is InChI=1S/C22H25N3O3/c1-5-28-20-11-8-18(14-21(20)27-4)16(3)24-22(26)17-6-9-19(10-7-17)25-15(2)12-13-23-25/h6-14,16H,5H2,1-4H3,(H,24,26). The van der Waals surface area contributed by atoms with Crippen LogP contribution in [0.3, 0.4) is 0 Å². The molecule has 6 nitrogen and oxygen atoms in total. The number of methoxy groups -OCH3 is 1. The lowest BCUT2D eigenvalue weighted by Crippen LogP contribution is -2.26. The van der Waals surface area contributed by atoms with Crippen LogP contribution in [0.15, 0.2) is 54.7 Å². The van der Waals surface area contributed by atoms with E-state index in [0.29, 0.717) is 23.7 Å². The van der Waals surface area contributed by atoms with Gasteiger partial charge in [-0.2, -0.15) is 5.10 Å². The highest BCUT2D eigenvalue weighted by atomic mass is 16.5. The molecular weight excluding hydrogens is 354 g/mol. The predicted octanol–water partition coefficient (Wildman–Crippen LogP) is 4.08. The fourth-order valence-corrected chi connectivity index (χ4v) is 2.99. The summed E-state index contributed by atoms with van der Waals surface area (Å²) < 4.78 is 12.8. The second-order valence-corrected chi connectivity index (χ2v) is 6.47. The van der Waals surface area contributed by atoms with Crippen LogP contribution in [-0.2, 0) is 0 Å². The van der Waals surface area contributed by atoms with Gasteiger partial charge < -0.3 is 14.8 Å². The Labute approximate surface area is 165 Å². The van der Waals surface area contributed by atoms with Gasteiger partial charge in [0.05, 0.1) is 25.4 Å². The highest BCUT2D eigenvalue weighted by Crippen LogP contribution is 2.30. The summed E-state index contributed by atoms with van der Waals surface area (Å²) in [6.45, 7) is 6.42. The largest absolute Gasteiger partial charge is 0.493 e. The molecule has 0 aliphatic rings. The summed E-state index contributed by atoms with van der Waals surface area (Å²) in [5.41, 5.74) is 3.49. The van der Waals surface area contributed by atoms with Gasteiger partial charge in [-0.15, -0.1) is 0 Å². The highest BCUT2D eigenvalue weighted by Gasteiger charge is 2.14. The van der Waals surface area contributed by atoms with Crippen molar-refractivity contribution in [2.75, 3.05) is 13.7 Å². The normalized spacial score (nSPS) is 11.7. The molecule has 1 N–H and O–H groups in total. The molecule has 1 unspecified atom stereocenters. The number of carbonyl (C=O) groups is 1. The van der Waals surface area contributed by atoms with E-state index in [1.165, 1.54) is 0 Å². The molecule has 146 valence electrons. The first-order valence-electron chi connectivity index (χ1n) is 9.26. The van der Waals surface area contributed by atoms with Crippen LogP contribution in [-0.4, -0.2) is 29.4 Å². The van der Waals surface area contributed by atoms with E-state index in [9.17, 15) is 4.79 Å². The summed E-state index contributed by atoms with van der Waals surface area (Å²) in [6, 6.07) is 14.8. The van der Waals surface area contributed by atoms with E-state index in [4.69, 9.17) is 9.47 Å². The van der Waals surface area contributed by atoms with E-state index >= 15 is 0 Å². The van der Waals surface area contributed by atoms with Gasteiger partial charge in [-0.25, -0.2) is 4.68 Å². The number of aromatic nitrogens is 2. The van der Waals surface area contributed by atoms with E-state index in [-0.39, 0.29) is 11.9 Å². The maximum atomic E-state index is 12.6. The van der Waals surface area contributed by atoms with E-state index in [1.807, 2.05) is 61.9 Å². The zero-order valence-electron chi connectivity index (χ0n) is 16.6. The Bertz CT molecular complexity index is 948. The third-order valence-electron chi connectivity index (χ3n) is 4.54. The first-order chi connectivity index (χ1) is 13.5. The van der Waals surface area contributed by atoms with Crippen LogP contribution >= 0.6 is 0 Å². The second-order valence-electron chi connectivity index (χ2n) is 6.47. The van der Waals surface area contributed by atoms with Crippen molar-refractivity contribution in [2.24, 2.45) is 0 Å². The quantitative estimate of drug-likeness (QED) is 0.672. The fraction of sp³-hybridized carbons (Fsp3) is 0.273. The number of ether oxygens (including phenoxy) is 2. The molecule has 0 bridgehead atoms. The summed E-state index contributed by atoms with van der Waals surface area (Å²) in [6.07, 6.45) is 1.75. The van der Waals surface area contributed by atoms with Crippen LogP contribution in [0.2, 0.25) is 0 Å². The van der Waals surface area contributed by atoms with Gasteiger partial charge in [0.15, 0.2) is 11.5 Å². The first kappa shape index (κ1) is 19.5. The van der Waals surface area contributed by atoms with Gasteiger partial charge in [-0.05, 0) is 68.8 Å². The molecule has 0 fully saturated rings. The lowest BCUT2D eigenvalue weighted by atomic mass is 10.1. The molecule has 0 aliphatic heterocycles. The van der Waals surface area contributed by atoms with Gasteiger partial charge >= 0.3 is 0 Å². The van der Waals surface area contributed by atoms with Crippen molar-refractivity contribution in [3.63, 3.8) is 0 Å². The lowest BCUT2D eigenvalue weighted by molar-refractivity contribution is 0.0940. The van der Waals surface area contributed by atoms with Gasteiger partial charge in [-0.3, -0.25) is 4.79 Å². The summed E-state index contributed by atoms with van der Waals surface area (Å²) in [7, 11) is 1.60.